The van der Waals surface area contributed by atoms with Crippen LogP contribution in [0.3, 0.4) is 0 Å². The van der Waals surface area contributed by atoms with Gasteiger partial charge in [0.25, 0.3) is 5.91 Å². The summed E-state index contributed by atoms with van der Waals surface area (Å²) in [5, 5.41) is 2.81. The van der Waals surface area contributed by atoms with E-state index in [9.17, 15) is 18.0 Å². The first-order valence-electron chi connectivity index (χ1n) is 8.23. The normalized spacial score (nSPS) is 20.3. The Hall–Kier alpha value is -2.67. The van der Waals surface area contributed by atoms with E-state index in [1.54, 1.807) is 24.3 Å². The topological polar surface area (TPSA) is 83.6 Å². The number of hydrogen-bond donors (Lipinski definition) is 1. The molecule has 0 aliphatic carbocycles. The second-order valence-corrected chi connectivity index (χ2v) is 8.71. The van der Waals surface area contributed by atoms with Gasteiger partial charge in [-0.05, 0) is 11.1 Å². The van der Waals surface area contributed by atoms with Crippen molar-refractivity contribution in [1.29, 1.82) is 0 Å². The summed E-state index contributed by atoms with van der Waals surface area (Å²) in [4.78, 5) is 26.7. The molecule has 3 rings (SSSR count). The molecule has 6 nitrogen and oxygen atoms in total. The Kier molecular flexibility index (Phi) is 4.82. The lowest BCUT2D eigenvalue weighted by Gasteiger charge is -2.27. The molecule has 1 aliphatic heterocycles. The molecule has 2 aromatic carbocycles. The smallest absolute Gasteiger partial charge is 0.319 e. The second kappa shape index (κ2) is 6.92. The molecule has 1 fully saturated rings. The van der Waals surface area contributed by atoms with Crippen molar-refractivity contribution in [3.05, 3.63) is 71.8 Å². The van der Waals surface area contributed by atoms with Crippen LogP contribution in [0.1, 0.15) is 11.1 Å². The fraction of sp³-hybridized carbons (Fsp3) is 0.263. The molecule has 26 heavy (non-hydrogen) atoms. The van der Waals surface area contributed by atoms with E-state index in [1.807, 2.05) is 36.4 Å². The van der Waals surface area contributed by atoms with Crippen LogP contribution >= 0.6 is 0 Å². The molecule has 1 heterocycles. The van der Waals surface area contributed by atoms with Crippen molar-refractivity contribution in [3.63, 3.8) is 0 Å². The van der Waals surface area contributed by atoms with Gasteiger partial charge >= 0.3 is 6.03 Å². The van der Waals surface area contributed by atoms with E-state index in [1.165, 1.54) is 0 Å². The van der Waals surface area contributed by atoms with E-state index in [-0.39, 0.29) is 18.7 Å². The van der Waals surface area contributed by atoms with Crippen molar-refractivity contribution in [2.24, 2.45) is 0 Å². The molecule has 1 aliphatic rings. The van der Waals surface area contributed by atoms with E-state index in [2.05, 4.69) is 5.32 Å². The molecule has 0 unspecified atom stereocenters. The summed E-state index contributed by atoms with van der Waals surface area (Å²) >= 11 is 0. The minimum Gasteiger partial charge on any atom is -0.319 e. The Balaban J connectivity index is 1.99. The fourth-order valence-corrected chi connectivity index (χ4v) is 3.64. The van der Waals surface area contributed by atoms with Gasteiger partial charge < -0.3 is 5.32 Å². The van der Waals surface area contributed by atoms with Crippen LogP contribution in [0.4, 0.5) is 4.79 Å². The first-order valence-corrected chi connectivity index (χ1v) is 10.3. The van der Waals surface area contributed by atoms with Crippen LogP contribution in [0.5, 0.6) is 0 Å². The molecule has 0 bridgehead atoms. The molecule has 2 aromatic rings. The largest absolute Gasteiger partial charge is 0.325 e. The van der Waals surface area contributed by atoms with Crippen LogP contribution in [0.25, 0.3) is 0 Å². The number of rotatable bonds is 6. The molecule has 3 amide bonds. The number of carbonyl (C=O) groups is 2. The van der Waals surface area contributed by atoms with Crippen molar-refractivity contribution in [1.82, 2.24) is 10.2 Å². The second-order valence-electron chi connectivity index (χ2n) is 6.45. The lowest BCUT2D eigenvalue weighted by molar-refractivity contribution is -0.131. The Morgan fingerprint density at radius 3 is 2.12 bits per heavy atom. The van der Waals surface area contributed by atoms with Crippen molar-refractivity contribution in [3.8, 4) is 0 Å². The molecular formula is C19H20N2O4S. The summed E-state index contributed by atoms with van der Waals surface area (Å²) in [7, 11) is -3.29. The van der Waals surface area contributed by atoms with Gasteiger partial charge in [-0.25, -0.2) is 13.2 Å². The average molecular weight is 372 g/mol. The zero-order chi connectivity index (χ0) is 18.8. The highest BCUT2D eigenvalue weighted by molar-refractivity contribution is 7.90. The maximum atomic E-state index is 13.2. The Labute approximate surface area is 152 Å². The van der Waals surface area contributed by atoms with Crippen LogP contribution in [0, 0.1) is 0 Å². The van der Waals surface area contributed by atoms with Gasteiger partial charge in [0.05, 0.1) is 5.75 Å². The van der Waals surface area contributed by atoms with Gasteiger partial charge in [0.2, 0.25) is 0 Å². The summed E-state index contributed by atoms with van der Waals surface area (Å²) in [5.41, 5.74) is 0.330. The summed E-state index contributed by atoms with van der Waals surface area (Å²) in [6, 6.07) is 17.9. The standard InChI is InChI=1S/C19H20N2O4S/c1-26(24,25)13-12-21-17(22)19(20-18(21)23,16-10-6-3-7-11-16)14-15-8-4-2-5-9-15/h2-11H,12-14H2,1H3,(H,20,23)/t19-/m0/s1. The molecule has 136 valence electrons. The van der Waals surface area contributed by atoms with Crippen LogP contribution in [-0.2, 0) is 26.6 Å². The molecule has 0 aromatic heterocycles. The van der Waals surface area contributed by atoms with Crippen molar-refractivity contribution < 1.29 is 18.0 Å². The molecule has 1 atom stereocenters. The number of imide groups is 1. The molecule has 0 spiro atoms. The number of amides is 3. The predicted octanol–water partition coefficient (Wildman–Crippen LogP) is 1.72. The lowest BCUT2D eigenvalue weighted by Crippen LogP contribution is -2.46. The van der Waals surface area contributed by atoms with Gasteiger partial charge in [0, 0.05) is 19.2 Å². The highest BCUT2D eigenvalue weighted by Gasteiger charge is 2.52. The molecule has 7 heteroatoms. The number of carbonyl (C=O) groups excluding carboxylic acids is 2. The third kappa shape index (κ3) is 3.62. The van der Waals surface area contributed by atoms with Crippen LogP contribution < -0.4 is 5.32 Å². The summed E-state index contributed by atoms with van der Waals surface area (Å²) in [5.74, 6) is -0.691. The van der Waals surface area contributed by atoms with Crippen LogP contribution in [-0.4, -0.2) is 43.8 Å². The first-order chi connectivity index (χ1) is 12.3. The number of urea groups is 1. The predicted molar refractivity (Wildman–Crippen MR) is 98.2 cm³/mol. The van der Waals surface area contributed by atoms with E-state index >= 15 is 0 Å². The lowest BCUT2D eigenvalue weighted by atomic mass is 9.83. The van der Waals surface area contributed by atoms with Gasteiger partial charge in [-0.15, -0.1) is 0 Å². The maximum Gasteiger partial charge on any atom is 0.325 e. The molecule has 1 N–H and O–H groups in total. The van der Waals surface area contributed by atoms with Gasteiger partial charge in [0.1, 0.15) is 9.84 Å². The quantitative estimate of drug-likeness (QED) is 0.783. The molecule has 0 saturated carbocycles. The van der Waals surface area contributed by atoms with E-state index in [0.717, 1.165) is 16.7 Å². The van der Waals surface area contributed by atoms with Crippen molar-refractivity contribution in [2.75, 3.05) is 18.6 Å². The average Bonchev–Trinajstić information content (AvgIpc) is 2.85. The Bertz CT molecular complexity index is 913. The zero-order valence-corrected chi connectivity index (χ0v) is 15.2. The maximum absolute atomic E-state index is 13.2. The number of nitrogens with one attached hydrogen (secondary N) is 1. The zero-order valence-electron chi connectivity index (χ0n) is 14.4. The summed E-state index contributed by atoms with van der Waals surface area (Å²) < 4.78 is 22.9. The number of nitrogens with zero attached hydrogens (tertiary/aromatic N) is 1. The van der Waals surface area contributed by atoms with Gasteiger partial charge in [-0.2, -0.15) is 0 Å². The van der Waals surface area contributed by atoms with Gasteiger partial charge in [-0.3, -0.25) is 9.69 Å². The minimum atomic E-state index is -3.29. The third-order valence-corrected chi connectivity index (χ3v) is 5.36. The highest BCUT2D eigenvalue weighted by atomic mass is 32.2. The fourth-order valence-electron chi connectivity index (χ4n) is 3.13. The van der Waals surface area contributed by atoms with E-state index < -0.39 is 27.3 Å². The van der Waals surface area contributed by atoms with Crippen LogP contribution in [0.2, 0.25) is 0 Å². The molecular weight excluding hydrogens is 352 g/mol. The SMILES string of the molecule is CS(=O)(=O)CCN1C(=O)N[C@@](Cc2ccccc2)(c2ccccc2)C1=O. The Morgan fingerprint density at radius 2 is 1.54 bits per heavy atom. The Morgan fingerprint density at radius 1 is 0.962 bits per heavy atom. The van der Waals surface area contributed by atoms with Gasteiger partial charge in [-0.1, -0.05) is 60.7 Å². The van der Waals surface area contributed by atoms with Crippen molar-refractivity contribution >= 4 is 21.8 Å². The third-order valence-electron chi connectivity index (χ3n) is 4.44. The first kappa shape index (κ1) is 18.1. The summed E-state index contributed by atoms with van der Waals surface area (Å²) in [6.07, 6.45) is 1.37. The number of benzene rings is 2. The number of hydrogen-bond acceptors (Lipinski definition) is 4. The molecule has 0 radical (unpaired) electrons. The van der Waals surface area contributed by atoms with Gasteiger partial charge in [0.15, 0.2) is 5.54 Å². The molecule has 1 saturated heterocycles. The monoisotopic (exact) mass is 372 g/mol. The number of sulfone groups is 1. The highest BCUT2D eigenvalue weighted by Crippen LogP contribution is 2.32. The van der Waals surface area contributed by atoms with E-state index in [4.69, 9.17) is 0 Å². The van der Waals surface area contributed by atoms with E-state index in [0.29, 0.717) is 5.56 Å². The van der Waals surface area contributed by atoms with Crippen LogP contribution in [0.15, 0.2) is 60.7 Å². The van der Waals surface area contributed by atoms with Crippen molar-refractivity contribution in [2.45, 2.75) is 12.0 Å². The minimum absolute atomic E-state index is 0.160. The summed E-state index contributed by atoms with van der Waals surface area (Å²) in [6.45, 7) is -0.160.